The molecule has 4 rings (SSSR count). The molecule has 2 heterocycles. The fraction of sp³-hybridized carbons (Fsp3) is 0.500. The number of aliphatic hydroxyl groups is 1. The van der Waals surface area contributed by atoms with E-state index in [1.54, 1.807) is 0 Å². The van der Waals surface area contributed by atoms with Crippen LogP contribution in [0.25, 0.3) is 0 Å². The summed E-state index contributed by atoms with van der Waals surface area (Å²) in [6.45, 7) is 5.93. The minimum atomic E-state index is -0.327. The summed E-state index contributed by atoms with van der Waals surface area (Å²) < 4.78 is 23.3. The van der Waals surface area contributed by atoms with Gasteiger partial charge in [0.15, 0.2) is 0 Å². The Labute approximate surface area is 179 Å². The lowest BCUT2D eigenvalue weighted by Crippen LogP contribution is -2.46. The predicted octanol–water partition coefficient (Wildman–Crippen LogP) is 2.74. The van der Waals surface area contributed by atoms with Crippen molar-refractivity contribution in [3.05, 3.63) is 71.8 Å². The molecule has 30 heavy (non-hydrogen) atoms. The Morgan fingerprint density at radius 1 is 0.767 bits per heavy atom. The second-order valence-electron chi connectivity index (χ2n) is 7.71. The largest absolute Gasteiger partial charge is 0.395 e. The average Bonchev–Trinajstić information content (AvgIpc) is 2.82. The Balaban J connectivity index is 0.000000171. The van der Waals surface area contributed by atoms with Crippen LogP contribution in [0.3, 0.4) is 0 Å². The summed E-state index contributed by atoms with van der Waals surface area (Å²) in [6.07, 6.45) is 0. The molecule has 164 valence electrons. The van der Waals surface area contributed by atoms with Gasteiger partial charge in [0.2, 0.25) is 0 Å². The molecule has 0 aliphatic carbocycles. The van der Waals surface area contributed by atoms with E-state index < -0.39 is 0 Å². The summed E-state index contributed by atoms with van der Waals surface area (Å²) in [7, 11) is 0. The molecular weight excluding hydrogens is 383 g/mol. The molecule has 0 aromatic heterocycles. The maximum Gasteiger partial charge on any atom is 0.107 e. The highest BCUT2D eigenvalue weighted by molar-refractivity contribution is 5.15. The normalized spacial score (nSPS) is 22.9. The molecule has 5 nitrogen and oxygen atoms in total. The van der Waals surface area contributed by atoms with Gasteiger partial charge in [-0.25, -0.2) is 4.39 Å². The molecule has 2 fully saturated rings. The number of halogens is 1. The first-order valence-electron chi connectivity index (χ1n) is 10.7. The molecule has 2 atom stereocenters. The second-order valence-corrected chi connectivity index (χ2v) is 7.71. The molecule has 2 saturated heterocycles. The number of nitrogens with zero attached hydrogens (tertiary/aromatic N) is 2. The monoisotopic (exact) mass is 416 g/mol. The number of hydrogen-bond acceptors (Lipinski definition) is 5. The van der Waals surface area contributed by atoms with Crippen LogP contribution in [0.5, 0.6) is 0 Å². The zero-order valence-electron chi connectivity index (χ0n) is 17.5. The zero-order valence-corrected chi connectivity index (χ0v) is 17.5. The van der Waals surface area contributed by atoms with Crippen LogP contribution in [0.4, 0.5) is 4.39 Å². The first-order valence-corrected chi connectivity index (χ1v) is 10.7. The fourth-order valence-corrected chi connectivity index (χ4v) is 3.74. The predicted molar refractivity (Wildman–Crippen MR) is 116 cm³/mol. The van der Waals surface area contributed by atoms with E-state index in [4.69, 9.17) is 9.47 Å². The van der Waals surface area contributed by atoms with Crippen LogP contribution >= 0.6 is 0 Å². The van der Waals surface area contributed by atoms with Crippen LogP contribution in [0, 0.1) is 0 Å². The van der Waals surface area contributed by atoms with Gasteiger partial charge >= 0.3 is 0 Å². The maximum atomic E-state index is 12.7. The molecular formula is C24H33FN2O3. The van der Waals surface area contributed by atoms with E-state index in [9.17, 15) is 9.50 Å². The molecule has 0 unspecified atom stereocenters. The Kier molecular flexibility index (Phi) is 9.73. The quantitative estimate of drug-likeness (QED) is 0.785. The van der Waals surface area contributed by atoms with Crippen LogP contribution < -0.4 is 0 Å². The minimum Gasteiger partial charge on any atom is -0.395 e. The highest BCUT2D eigenvalue weighted by Crippen LogP contribution is 2.13. The molecule has 6 heteroatoms. The highest BCUT2D eigenvalue weighted by atomic mass is 19.1. The molecule has 0 spiro atoms. The molecule has 2 aliphatic heterocycles. The first-order chi connectivity index (χ1) is 14.8. The number of morpholine rings is 2. The third-order valence-corrected chi connectivity index (χ3v) is 5.54. The summed E-state index contributed by atoms with van der Waals surface area (Å²) in [6, 6.07) is 20.6. The van der Waals surface area contributed by atoms with Gasteiger partial charge in [0.05, 0.1) is 45.1 Å². The van der Waals surface area contributed by atoms with Crippen molar-refractivity contribution in [2.45, 2.75) is 25.2 Å². The number of ether oxygens (including phenoxy) is 2. The van der Waals surface area contributed by atoms with E-state index in [1.807, 2.05) is 36.4 Å². The topological polar surface area (TPSA) is 45.2 Å². The van der Waals surface area contributed by atoms with Crippen molar-refractivity contribution in [3.8, 4) is 0 Å². The summed E-state index contributed by atoms with van der Waals surface area (Å²) in [5, 5.41) is 9.22. The van der Waals surface area contributed by atoms with Crippen molar-refractivity contribution < 1.29 is 19.0 Å². The van der Waals surface area contributed by atoms with Gasteiger partial charge in [0.25, 0.3) is 0 Å². The molecule has 0 amide bonds. The van der Waals surface area contributed by atoms with Crippen LogP contribution in [-0.2, 0) is 22.6 Å². The van der Waals surface area contributed by atoms with Crippen LogP contribution in [-0.4, -0.2) is 79.8 Å². The Hall–Kier alpha value is -1.83. The standard InChI is InChI=1S/C12H16FNO.C12H17NO2/c13-8-12-10-15-7-6-14(12)9-11-4-2-1-3-5-11;14-9-12-10-15-7-6-13(12)8-11-4-2-1-3-5-11/h1-5,12H,6-10H2;1-5,12,14H,6-10H2/t2*12-/m11/s1. The lowest BCUT2D eigenvalue weighted by atomic mass is 10.1. The van der Waals surface area contributed by atoms with Crippen LogP contribution in [0.1, 0.15) is 11.1 Å². The Morgan fingerprint density at radius 3 is 1.70 bits per heavy atom. The lowest BCUT2D eigenvalue weighted by Gasteiger charge is -2.34. The van der Waals surface area contributed by atoms with Crippen molar-refractivity contribution >= 4 is 0 Å². The van der Waals surface area contributed by atoms with E-state index in [1.165, 1.54) is 11.1 Å². The van der Waals surface area contributed by atoms with Crippen LogP contribution in [0.15, 0.2) is 60.7 Å². The van der Waals surface area contributed by atoms with Gasteiger partial charge in [-0.3, -0.25) is 9.80 Å². The van der Waals surface area contributed by atoms with E-state index in [0.29, 0.717) is 19.8 Å². The van der Waals surface area contributed by atoms with Gasteiger partial charge in [-0.05, 0) is 11.1 Å². The van der Waals surface area contributed by atoms with E-state index in [2.05, 4.69) is 34.1 Å². The molecule has 0 radical (unpaired) electrons. The minimum absolute atomic E-state index is 0.0704. The van der Waals surface area contributed by atoms with E-state index >= 15 is 0 Å². The Morgan fingerprint density at radius 2 is 1.23 bits per heavy atom. The number of alkyl halides is 1. The summed E-state index contributed by atoms with van der Waals surface area (Å²) in [4.78, 5) is 4.43. The number of benzene rings is 2. The van der Waals surface area contributed by atoms with Gasteiger partial charge in [0.1, 0.15) is 6.67 Å². The van der Waals surface area contributed by atoms with Gasteiger partial charge in [-0.2, -0.15) is 0 Å². The van der Waals surface area contributed by atoms with Gasteiger partial charge in [-0.1, -0.05) is 60.7 Å². The summed E-state index contributed by atoms with van der Waals surface area (Å²) >= 11 is 0. The van der Waals surface area contributed by atoms with Crippen molar-refractivity contribution in [1.29, 1.82) is 0 Å². The van der Waals surface area contributed by atoms with Crippen molar-refractivity contribution in [1.82, 2.24) is 9.80 Å². The van der Waals surface area contributed by atoms with E-state index in [-0.39, 0.29) is 25.4 Å². The SMILES string of the molecule is FC[C@@H]1COCCN1Cc1ccccc1.OC[C@@H]1COCCN1Cc1ccccc1. The fourth-order valence-electron chi connectivity index (χ4n) is 3.74. The molecule has 2 aromatic carbocycles. The van der Waals surface area contributed by atoms with Gasteiger partial charge in [-0.15, -0.1) is 0 Å². The smallest absolute Gasteiger partial charge is 0.107 e. The maximum absolute atomic E-state index is 12.7. The van der Waals surface area contributed by atoms with Crippen molar-refractivity contribution in [2.75, 3.05) is 52.8 Å². The number of aliphatic hydroxyl groups excluding tert-OH is 1. The molecule has 0 bridgehead atoms. The lowest BCUT2D eigenvalue weighted by molar-refractivity contribution is -0.0312. The third kappa shape index (κ3) is 7.15. The molecule has 2 aliphatic rings. The first kappa shape index (κ1) is 22.8. The molecule has 0 saturated carbocycles. The van der Waals surface area contributed by atoms with E-state index in [0.717, 1.165) is 32.8 Å². The van der Waals surface area contributed by atoms with Crippen molar-refractivity contribution in [3.63, 3.8) is 0 Å². The van der Waals surface area contributed by atoms with Gasteiger partial charge in [0, 0.05) is 26.2 Å². The Bertz CT molecular complexity index is 643. The zero-order chi connectivity index (χ0) is 21.0. The average molecular weight is 417 g/mol. The third-order valence-electron chi connectivity index (χ3n) is 5.54. The summed E-state index contributed by atoms with van der Waals surface area (Å²) in [5.41, 5.74) is 2.52. The molecule has 1 N–H and O–H groups in total. The molecule has 2 aromatic rings. The summed E-state index contributed by atoms with van der Waals surface area (Å²) in [5.74, 6) is 0. The van der Waals surface area contributed by atoms with Crippen LogP contribution in [0.2, 0.25) is 0 Å². The number of rotatable bonds is 6. The van der Waals surface area contributed by atoms with Gasteiger partial charge < -0.3 is 14.6 Å². The second kappa shape index (κ2) is 12.8. The number of hydrogen-bond donors (Lipinski definition) is 1. The highest BCUT2D eigenvalue weighted by Gasteiger charge is 2.23. The van der Waals surface area contributed by atoms with Crippen molar-refractivity contribution in [2.24, 2.45) is 0 Å².